The van der Waals surface area contributed by atoms with Gasteiger partial charge in [-0.05, 0) is 71.4 Å². The summed E-state index contributed by atoms with van der Waals surface area (Å²) in [6.45, 7) is 2.40. The molecule has 0 amide bonds. The molecule has 0 saturated heterocycles. The van der Waals surface area contributed by atoms with Crippen LogP contribution in [0, 0.1) is 5.92 Å². The molecule has 0 radical (unpaired) electrons. The van der Waals surface area contributed by atoms with Crippen molar-refractivity contribution in [3.63, 3.8) is 0 Å². The number of aryl methyl sites for hydroxylation is 2. The minimum atomic E-state index is 0.480. The molecule has 28 heavy (non-hydrogen) atoms. The number of fused-ring (bicyclic) bond motifs is 2. The number of benzene rings is 3. The highest BCUT2D eigenvalue weighted by molar-refractivity contribution is 5.72. The van der Waals surface area contributed by atoms with Crippen molar-refractivity contribution >= 4 is 6.08 Å². The average Bonchev–Trinajstić information content (AvgIpc) is 3.01. The molecule has 0 fully saturated rings. The predicted molar refractivity (Wildman–Crippen MR) is 119 cm³/mol. The smallest absolute Gasteiger partial charge is 0.0313 e. The molecule has 0 saturated carbocycles. The van der Waals surface area contributed by atoms with Gasteiger partial charge in [0.05, 0.1) is 0 Å². The van der Waals surface area contributed by atoms with E-state index in [1.165, 1.54) is 43.2 Å². The second-order valence-corrected chi connectivity index (χ2v) is 8.60. The maximum Gasteiger partial charge on any atom is 0.0313 e. The van der Waals surface area contributed by atoms with Gasteiger partial charge in [-0.15, -0.1) is 0 Å². The fourth-order valence-corrected chi connectivity index (χ4v) is 5.21. The molecule has 2 aliphatic carbocycles. The van der Waals surface area contributed by atoms with Gasteiger partial charge in [-0.2, -0.15) is 0 Å². The van der Waals surface area contributed by atoms with E-state index >= 15 is 0 Å². The molecule has 0 nitrogen and oxygen atoms in total. The lowest BCUT2D eigenvalue weighted by molar-refractivity contribution is 0.525. The molecule has 0 heterocycles. The van der Waals surface area contributed by atoms with Crippen molar-refractivity contribution in [2.24, 2.45) is 5.92 Å². The van der Waals surface area contributed by atoms with E-state index in [1.807, 2.05) is 0 Å². The number of allylic oxidation sites excluding steroid dienone is 1. The zero-order valence-electron chi connectivity index (χ0n) is 16.7. The van der Waals surface area contributed by atoms with Gasteiger partial charge in [0, 0.05) is 5.92 Å². The standard InChI is InChI=1S/C28H28/c1-20(18-21-8-3-2-4-9-21)14-15-25-19-24-12-7-11-23-17-16-22-10-5-6-13-26(22)28(25)27(23)24/h2-13,19-20,28H,14-18H2,1H3. The van der Waals surface area contributed by atoms with Crippen LogP contribution in [0.25, 0.3) is 6.08 Å². The third-order valence-electron chi connectivity index (χ3n) is 6.61. The number of rotatable bonds is 5. The van der Waals surface area contributed by atoms with E-state index in [4.69, 9.17) is 0 Å². The topological polar surface area (TPSA) is 0 Å². The molecule has 5 rings (SSSR count). The van der Waals surface area contributed by atoms with Crippen LogP contribution in [0.1, 0.15) is 59.1 Å². The van der Waals surface area contributed by atoms with E-state index in [-0.39, 0.29) is 0 Å². The Labute approximate surface area is 168 Å². The second kappa shape index (κ2) is 7.43. The Morgan fingerprint density at radius 1 is 0.821 bits per heavy atom. The highest BCUT2D eigenvalue weighted by Crippen LogP contribution is 2.47. The minimum absolute atomic E-state index is 0.480. The van der Waals surface area contributed by atoms with Gasteiger partial charge in [0.2, 0.25) is 0 Å². The minimum Gasteiger partial charge on any atom is -0.0622 e. The molecule has 3 aromatic carbocycles. The highest BCUT2D eigenvalue weighted by atomic mass is 14.4. The van der Waals surface area contributed by atoms with Crippen LogP contribution in [0.15, 0.2) is 78.4 Å². The molecule has 0 aliphatic heterocycles. The van der Waals surface area contributed by atoms with Gasteiger partial charge < -0.3 is 0 Å². The van der Waals surface area contributed by atoms with Crippen molar-refractivity contribution < 1.29 is 0 Å². The molecule has 2 atom stereocenters. The first kappa shape index (κ1) is 17.5. The predicted octanol–water partition coefficient (Wildman–Crippen LogP) is 6.97. The van der Waals surface area contributed by atoms with E-state index in [0.717, 1.165) is 0 Å². The fourth-order valence-electron chi connectivity index (χ4n) is 5.21. The van der Waals surface area contributed by atoms with E-state index in [9.17, 15) is 0 Å². The van der Waals surface area contributed by atoms with Gasteiger partial charge in [-0.3, -0.25) is 0 Å². The Morgan fingerprint density at radius 2 is 1.57 bits per heavy atom. The first-order valence-corrected chi connectivity index (χ1v) is 10.7. The summed E-state index contributed by atoms with van der Waals surface area (Å²) in [5, 5.41) is 0. The molecule has 140 valence electrons. The van der Waals surface area contributed by atoms with E-state index in [0.29, 0.717) is 11.8 Å². The largest absolute Gasteiger partial charge is 0.0622 e. The van der Waals surface area contributed by atoms with Crippen molar-refractivity contribution in [2.45, 2.75) is 44.9 Å². The average molecular weight is 365 g/mol. The summed E-state index contributed by atoms with van der Waals surface area (Å²) in [6, 6.07) is 27.0. The van der Waals surface area contributed by atoms with Crippen molar-refractivity contribution in [3.05, 3.63) is 112 Å². The van der Waals surface area contributed by atoms with Crippen LogP contribution in [0.2, 0.25) is 0 Å². The van der Waals surface area contributed by atoms with Gasteiger partial charge in [0.25, 0.3) is 0 Å². The first-order chi connectivity index (χ1) is 13.8. The molecule has 2 aliphatic rings. The van der Waals surface area contributed by atoms with Crippen molar-refractivity contribution in [2.75, 3.05) is 0 Å². The lowest BCUT2D eigenvalue weighted by Crippen LogP contribution is -2.06. The molecule has 0 N–H and O–H groups in total. The fraction of sp³-hybridized carbons (Fsp3) is 0.286. The maximum absolute atomic E-state index is 2.50. The quantitative estimate of drug-likeness (QED) is 0.458. The van der Waals surface area contributed by atoms with Crippen molar-refractivity contribution in [1.82, 2.24) is 0 Å². The summed E-state index contributed by atoms with van der Waals surface area (Å²) in [7, 11) is 0. The Morgan fingerprint density at radius 3 is 2.46 bits per heavy atom. The molecule has 0 bridgehead atoms. The molecule has 0 spiro atoms. The maximum atomic E-state index is 2.50. The summed E-state index contributed by atoms with van der Waals surface area (Å²) < 4.78 is 0. The summed E-state index contributed by atoms with van der Waals surface area (Å²) in [4.78, 5) is 0. The number of hydrogen-bond acceptors (Lipinski definition) is 0. The van der Waals surface area contributed by atoms with Gasteiger partial charge in [0.15, 0.2) is 0 Å². The third kappa shape index (κ3) is 3.22. The van der Waals surface area contributed by atoms with Crippen LogP contribution < -0.4 is 0 Å². The lowest BCUT2D eigenvalue weighted by Gasteiger charge is -2.21. The normalized spacial score (nSPS) is 18.0. The summed E-state index contributed by atoms with van der Waals surface area (Å²) >= 11 is 0. The van der Waals surface area contributed by atoms with Crippen LogP contribution in [-0.4, -0.2) is 0 Å². The van der Waals surface area contributed by atoms with E-state index in [1.54, 1.807) is 27.8 Å². The molecule has 0 heteroatoms. The number of hydrogen-bond donors (Lipinski definition) is 0. The zero-order valence-corrected chi connectivity index (χ0v) is 16.7. The summed E-state index contributed by atoms with van der Waals surface area (Å²) in [6.07, 6.45) is 8.46. The summed E-state index contributed by atoms with van der Waals surface area (Å²) in [5.74, 6) is 1.18. The van der Waals surface area contributed by atoms with Gasteiger partial charge in [-0.1, -0.05) is 91.4 Å². The van der Waals surface area contributed by atoms with E-state index in [2.05, 4.69) is 85.8 Å². The first-order valence-electron chi connectivity index (χ1n) is 10.7. The second-order valence-electron chi connectivity index (χ2n) is 8.60. The Bertz CT molecular complexity index is 1010. The van der Waals surface area contributed by atoms with E-state index < -0.39 is 0 Å². The SMILES string of the molecule is CC(CCC1=Cc2cccc3c2C1c1ccccc1CC3)Cc1ccccc1. The van der Waals surface area contributed by atoms with Crippen molar-refractivity contribution in [3.8, 4) is 0 Å². The molecular formula is C28H28. The Kier molecular flexibility index (Phi) is 4.64. The molecule has 3 aromatic rings. The molecular weight excluding hydrogens is 336 g/mol. The molecule has 2 unspecified atom stereocenters. The van der Waals surface area contributed by atoms with Gasteiger partial charge in [-0.25, -0.2) is 0 Å². The van der Waals surface area contributed by atoms with Crippen molar-refractivity contribution in [1.29, 1.82) is 0 Å². The monoisotopic (exact) mass is 364 g/mol. The Balaban J connectivity index is 1.41. The Hall–Kier alpha value is -2.60. The van der Waals surface area contributed by atoms with Crippen LogP contribution in [-0.2, 0) is 19.3 Å². The van der Waals surface area contributed by atoms with Crippen LogP contribution in [0.5, 0.6) is 0 Å². The summed E-state index contributed by atoms with van der Waals surface area (Å²) in [5.41, 5.74) is 10.8. The van der Waals surface area contributed by atoms with Gasteiger partial charge >= 0.3 is 0 Å². The molecule has 0 aromatic heterocycles. The third-order valence-corrected chi connectivity index (χ3v) is 6.61. The van der Waals surface area contributed by atoms with Gasteiger partial charge in [0.1, 0.15) is 0 Å². The van der Waals surface area contributed by atoms with Crippen LogP contribution in [0.3, 0.4) is 0 Å². The van der Waals surface area contributed by atoms with Crippen LogP contribution in [0.4, 0.5) is 0 Å². The van der Waals surface area contributed by atoms with Crippen LogP contribution >= 0.6 is 0 Å². The lowest BCUT2D eigenvalue weighted by atomic mass is 9.83. The zero-order chi connectivity index (χ0) is 18.9. The highest BCUT2D eigenvalue weighted by Gasteiger charge is 2.32.